The predicted molar refractivity (Wildman–Crippen MR) is 116 cm³/mol. The highest BCUT2D eigenvalue weighted by molar-refractivity contribution is 7.99. The number of ether oxygens (including phenoxy) is 2. The van der Waals surface area contributed by atoms with E-state index in [0.29, 0.717) is 6.54 Å². The van der Waals surface area contributed by atoms with Crippen LogP contribution in [0.5, 0.6) is 0 Å². The molecule has 3 aromatic rings. The van der Waals surface area contributed by atoms with Gasteiger partial charge in [0.05, 0.1) is 18.8 Å². The van der Waals surface area contributed by atoms with Gasteiger partial charge in [0.25, 0.3) is 0 Å². The standard InChI is InChI=1S/C23H25N3O3S/c24-13-16-2-8-19(9-3-16)22-28-20(15-30-23-25-10-1-11-26-23)12-21(29-22)18-6-4-17(14-27)5-7-18/h1-11,20-22,27H,12-15,24H2/t20-,21+,22+/m0/s1. The second-order valence-corrected chi connectivity index (χ2v) is 8.13. The molecule has 3 N–H and O–H groups in total. The van der Waals surface area contributed by atoms with Crippen LogP contribution in [-0.4, -0.2) is 26.9 Å². The Balaban J connectivity index is 1.52. The molecule has 1 saturated heterocycles. The minimum absolute atomic E-state index is 0.0192. The average molecular weight is 424 g/mol. The SMILES string of the molecule is NCc1ccc([C@@H]2O[C@H](CSc3ncccn3)C[C@H](c3ccc(CO)cc3)O2)cc1. The van der Waals surface area contributed by atoms with Crippen LogP contribution < -0.4 is 5.73 Å². The van der Waals surface area contributed by atoms with Crippen molar-refractivity contribution in [3.63, 3.8) is 0 Å². The van der Waals surface area contributed by atoms with Crippen LogP contribution in [0.15, 0.2) is 72.1 Å². The summed E-state index contributed by atoms with van der Waals surface area (Å²) in [7, 11) is 0. The Labute approximate surface area is 180 Å². The van der Waals surface area contributed by atoms with E-state index < -0.39 is 6.29 Å². The Hall–Kier alpha value is -2.29. The molecule has 1 aliphatic rings. The van der Waals surface area contributed by atoms with E-state index in [1.54, 1.807) is 24.2 Å². The van der Waals surface area contributed by atoms with Gasteiger partial charge in [0.1, 0.15) is 0 Å². The second-order valence-electron chi connectivity index (χ2n) is 7.14. The van der Waals surface area contributed by atoms with Crippen LogP contribution in [0.4, 0.5) is 0 Å². The molecule has 0 unspecified atom stereocenters. The van der Waals surface area contributed by atoms with Gasteiger partial charge in [-0.2, -0.15) is 0 Å². The van der Waals surface area contributed by atoms with Gasteiger partial charge >= 0.3 is 0 Å². The van der Waals surface area contributed by atoms with Crippen molar-refractivity contribution in [1.82, 2.24) is 9.97 Å². The van der Waals surface area contributed by atoms with Gasteiger partial charge in [0.2, 0.25) is 0 Å². The van der Waals surface area contributed by atoms with Crippen molar-refractivity contribution in [3.8, 4) is 0 Å². The minimum atomic E-state index is -0.463. The van der Waals surface area contributed by atoms with E-state index in [-0.39, 0.29) is 18.8 Å². The number of nitrogens with zero attached hydrogens (tertiary/aromatic N) is 2. The van der Waals surface area contributed by atoms with E-state index in [1.807, 2.05) is 54.6 Å². The van der Waals surface area contributed by atoms with Crippen molar-refractivity contribution in [3.05, 3.63) is 89.2 Å². The van der Waals surface area contributed by atoms with Gasteiger partial charge in [-0.15, -0.1) is 0 Å². The molecule has 1 aromatic heterocycles. The summed E-state index contributed by atoms with van der Waals surface area (Å²) < 4.78 is 12.6. The van der Waals surface area contributed by atoms with Gasteiger partial charge in [0.15, 0.2) is 11.4 Å². The first kappa shape index (κ1) is 21.0. The van der Waals surface area contributed by atoms with Gasteiger partial charge in [-0.3, -0.25) is 0 Å². The number of nitrogens with two attached hydrogens (primary N) is 1. The molecule has 156 valence electrons. The molecular formula is C23H25N3O3S. The van der Waals surface area contributed by atoms with Crippen molar-refractivity contribution < 1.29 is 14.6 Å². The lowest BCUT2D eigenvalue weighted by molar-refractivity contribution is -0.245. The normalized spacial score (nSPS) is 21.5. The Bertz CT molecular complexity index is 867. The number of aromatic nitrogens is 2. The molecule has 2 aromatic carbocycles. The molecule has 0 bridgehead atoms. The van der Waals surface area contributed by atoms with Crippen LogP contribution in [0.3, 0.4) is 0 Å². The Morgan fingerprint density at radius 1 is 0.933 bits per heavy atom. The molecule has 0 aliphatic carbocycles. The van der Waals surface area contributed by atoms with E-state index >= 15 is 0 Å². The quantitative estimate of drug-likeness (QED) is 0.442. The zero-order valence-corrected chi connectivity index (χ0v) is 17.4. The summed E-state index contributed by atoms with van der Waals surface area (Å²) in [5, 5.41) is 10.1. The van der Waals surface area contributed by atoms with E-state index in [1.165, 1.54) is 0 Å². The van der Waals surface area contributed by atoms with Crippen molar-refractivity contribution in [1.29, 1.82) is 0 Å². The second kappa shape index (κ2) is 10.1. The molecule has 2 heterocycles. The van der Waals surface area contributed by atoms with Crippen molar-refractivity contribution in [2.75, 3.05) is 5.75 Å². The summed E-state index contributed by atoms with van der Waals surface area (Å²) in [6.07, 6.45) is 3.63. The summed E-state index contributed by atoms with van der Waals surface area (Å²) in [4.78, 5) is 8.57. The van der Waals surface area contributed by atoms with Gasteiger partial charge in [0, 0.05) is 36.7 Å². The molecule has 0 radical (unpaired) electrons. The first-order valence-corrected chi connectivity index (χ1v) is 10.9. The minimum Gasteiger partial charge on any atom is -0.392 e. The molecule has 0 saturated carbocycles. The van der Waals surface area contributed by atoms with Gasteiger partial charge in [-0.1, -0.05) is 60.3 Å². The monoisotopic (exact) mass is 423 g/mol. The molecule has 1 fully saturated rings. The number of rotatable bonds is 7. The highest BCUT2D eigenvalue weighted by atomic mass is 32.2. The topological polar surface area (TPSA) is 90.5 Å². The summed E-state index contributed by atoms with van der Waals surface area (Å²) in [5.74, 6) is 0.732. The third-order valence-corrected chi connectivity index (χ3v) is 6.05. The fourth-order valence-corrected chi connectivity index (χ4v) is 4.18. The van der Waals surface area contributed by atoms with Crippen LogP contribution in [0, 0.1) is 0 Å². The number of aliphatic hydroxyl groups is 1. The number of thioether (sulfide) groups is 1. The smallest absolute Gasteiger partial charge is 0.187 e. The number of benzene rings is 2. The zero-order valence-electron chi connectivity index (χ0n) is 16.6. The molecule has 3 atom stereocenters. The number of aliphatic hydroxyl groups excluding tert-OH is 1. The molecule has 6 nitrogen and oxygen atoms in total. The Morgan fingerprint density at radius 2 is 1.60 bits per heavy atom. The fraction of sp³-hybridized carbons (Fsp3) is 0.304. The molecule has 1 aliphatic heterocycles. The zero-order chi connectivity index (χ0) is 20.8. The maximum atomic E-state index is 9.32. The highest BCUT2D eigenvalue weighted by Crippen LogP contribution is 2.39. The predicted octanol–water partition coefficient (Wildman–Crippen LogP) is 3.77. The van der Waals surface area contributed by atoms with Gasteiger partial charge in [-0.25, -0.2) is 9.97 Å². The first-order chi connectivity index (χ1) is 14.7. The lowest BCUT2D eigenvalue weighted by atomic mass is 10.0. The van der Waals surface area contributed by atoms with Crippen LogP contribution in [0.2, 0.25) is 0 Å². The molecule has 7 heteroatoms. The fourth-order valence-electron chi connectivity index (χ4n) is 3.36. The van der Waals surface area contributed by atoms with Gasteiger partial charge in [-0.05, 0) is 22.8 Å². The average Bonchev–Trinajstić information content (AvgIpc) is 2.83. The van der Waals surface area contributed by atoms with Crippen LogP contribution >= 0.6 is 11.8 Å². The first-order valence-electron chi connectivity index (χ1n) is 9.94. The van der Waals surface area contributed by atoms with E-state index in [0.717, 1.165) is 39.6 Å². The molecule has 4 rings (SSSR count). The number of hydrogen-bond donors (Lipinski definition) is 2. The third kappa shape index (κ3) is 5.24. The van der Waals surface area contributed by atoms with E-state index in [9.17, 15) is 5.11 Å². The summed E-state index contributed by atoms with van der Waals surface area (Å²) in [5.41, 5.74) is 9.71. The van der Waals surface area contributed by atoms with Crippen LogP contribution in [0.1, 0.15) is 41.1 Å². The van der Waals surface area contributed by atoms with E-state index in [4.69, 9.17) is 15.2 Å². The summed E-state index contributed by atoms with van der Waals surface area (Å²) in [6.45, 7) is 0.532. The lowest BCUT2D eigenvalue weighted by Gasteiger charge is -2.36. The molecule has 0 spiro atoms. The lowest BCUT2D eigenvalue weighted by Crippen LogP contribution is -2.31. The van der Waals surface area contributed by atoms with Crippen LogP contribution in [0.25, 0.3) is 0 Å². The molecule has 30 heavy (non-hydrogen) atoms. The maximum Gasteiger partial charge on any atom is 0.187 e. The maximum absolute atomic E-state index is 9.32. The van der Waals surface area contributed by atoms with Gasteiger partial charge < -0.3 is 20.3 Å². The Morgan fingerprint density at radius 3 is 2.27 bits per heavy atom. The summed E-state index contributed by atoms with van der Waals surface area (Å²) in [6, 6.07) is 17.7. The largest absolute Gasteiger partial charge is 0.392 e. The molecule has 0 amide bonds. The Kier molecular flexibility index (Phi) is 7.09. The van der Waals surface area contributed by atoms with Crippen LogP contribution in [-0.2, 0) is 22.6 Å². The number of hydrogen-bond acceptors (Lipinski definition) is 7. The van der Waals surface area contributed by atoms with Crippen molar-refractivity contribution in [2.45, 2.75) is 43.2 Å². The molecular weight excluding hydrogens is 398 g/mol. The van der Waals surface area contributed by atoms with Crippen molar-refractivity contribution >= 4 is 11.8 Å². The highest BCUT2D eigenvalue weighted by Gasteiger charge is 2.32. The van der Waals surface area contributed by atoms with E-state index in [2.05, 4.69) is 9.97 Å². The summed E-state index contributed by atoms with van der Waals surface area (Å²) >= 11 is 1.58. The van der Waals surface area contributed by atoms with Crippen molar-refractivity contribution in [2.24, 2.45) is 5.73 Å². The third-order valence-electron chi connectivity index (χ3n) is 5.04.